The van der Waals surface area contributed by atoms with Crippen LogP contribution in [0.25, 0.3) is 6.08 Å². The summed E-state index contributed by atoms with van der Waals surface area (Å²) in [6.07, 6.45) is 8.34. The summed E-state index contributed by atoms with van der Waals surface area (Å²) in [5.74, 6) is 0.592. The number of aryl methyl sites for hydroxylation is 2. The van der Waals surface area contributed by atoms with E-state index >= 15 is 0 Å². The van der Waals surface area contributed by atoms with Gasteiger partial charge in [0.25, 0.3) is 0 Å². The molecular weight excluding hydrogens is 250 g/mol. The lowest BCUT2D eigenvalue weighted by atomic mass is 9.86. The Labute approximate surface area is 121 Å². The van der Waals surface area contributed by atoms with Crippen molar-refractivity contribution < 1.29 is 4.79 Å². The van der Waals surface area contributed by atoms with Crippen molar-refractivity contribution in [1.29, 1.82) is 0 Å². The van der Waals surface area contributed by atoms with Gasteiger partial charge < -0.3 is 5.32 Å². The smallest absolute Gasteiger partial charge is 0.244 e. The largest absolute Gasteiger partial charge is 0.350 e. The minimum atomic E-state index is 0.00593. The van der Waals surface area contributed by atoms with Crippen LogP contribution in [0.5, 0.6) is 0 Å². The van der Waals surface area contributed by atoms with Gasteiger partial charge in [0.2, 0.25) is 5.91 Å². The number of aromatic nitrogens is 2. The quantitative estimate of drug-likeness (QED) is 0.862. The molecule has 1 aromatic heterocycles. The van der Waals surface area contributed by atoms with Crippen LogP contribution >= 0.6 is 0 Å². The number of carbonyl (C=O) groups excluding carboxylic acids is 1. The van der Waals surface area contributed by atoms with Crippen LogP contribution in [0.4, 0.5) is 0 Å². The molecule has 1 amide bonds. The topological polar surface area (TPSA) is 46.9 Å². The molecule has 1 aliphatic carbocycles. The SMILES string of the molecule is Cc1nn(C)c(C)c1/C=C/C(=O)NC1CCCCC1C. The highest BCUT2D eigenvalue weighted by Gasteiger charge is 2.21. The molecule has 0 aliphatic heterocycles. The fraction of sp³-hybridized carbons (Fsp3) is 0.625. The van der Waals surface area contributed by atoms with Crippen LogP contribution in [0.15, 0.2) is 6.08 Å². The Balaban J connectivity index is 1.98. The molecule has 1 heterocycles. The minimum absolute atomic E-state index is 0.00593. The van der Waals surface area contributed by atoms with Crippen LogP contribution in [-0.4, -0.2) is 21.7 Å². The third-order valence-corrected chi connectivity index (χ3v) is 4.41. The summed E-state index contributed by atoms with van der Waals surface area (Å²) in [7, 11) is 1.92. The maximum atomic E-state index is 12.0. The standard InChI is InChI=1S/C16H25N3O/c1-11-7-5-6-8-15(11)17-16(20)10-9-14-12(2)18-19(4)13(14)3/h9-11,15H,5-8H2,1-4H3,(H,17,20)/b10-9+. The van der Waals surface area contributed by atoms with Crippen LogP contribution in [0.2, 0.25) is 0 Å². The lowest BCUT2D eigenvalue weighted by Crippen LogP contribution is -2.40. The number of carbonyl (C=O) groups is 1. The normalized spacial score (nSPS) is 23.2. The molecule has 2 rings (SSSR count). The Morgan fingerprint density at radius 2 is 2.05 bits per heavy atom. The zero-order valence-electron chi connectivity index (χ0n) is 12.9. The molecule has 1 fully saturated rings. The van der Waals surface area contributed by atoms with Crippen molar-refractivity contribution in [2.45, 2.75) is 52.5 Å². The molecule has 0 saturated heterocycles. The summed E-state index contributed by atoms with van der Waals surface area (Å²) in [6.45, 7) is 6.21. The molecule has 20 heavy (non-hydrogen) atoms. The monoisotopic (exact) mass is 275 g/mol. The van der Waals surface area contributed by atoms with Gasteiger partial charge in [-0.25, -0.2) is 0 Å². The zero-order valence-corrected chi connectivity index (χ0v) is 12.9. The van der Waals surface area contributed by atoms with Gasteiger partial charge in [-0.3, -0.25) is 9.48 Å². The highest BCUT2D eigenvalue weighted by atomic mass is 16.1. The predicted molar refractivity (Wildman–Crippen MR) is 81.3 cm³/mol. The first-order chi connectivity index (χ1) is 9.49. The van der Waals surface area contributed by atoms with Crippen molar-refractivity contribution >= 4 is 12.0 Å². The first kappa shape index (κ1) is 14.8. The number of hydrogen-bond donors (Lipinski definition) is 1. The molecule has 2 unspecified atom stereocenters. The van der Waals surface area contributed by atoms with Gasteiger partial charge in [-0.2, -0.15) is 5.10 Å². The number of nitrogens with one attached hydrogen (secondary N) is 1. The number of nitrogens with zero attached hydrogens (tertiary/aromatic N) is 2. The highest BCUT2D eigenvalue weighted by molar-refractivity contribution is 5.92. The molecule has 1 aliphatic rings. The second-order valence-electron chi connectivity index (χ2n) is 5.92. The molecule has 0 spiro atoms. The molecule has 0 aromatic carbocycles. The third kappa shape index (κ3) is 3.30. The van der Waals surface area contributed by atoms with Crippen molar-refractivity contribution in [1.82, 2.24) is 15.1 Å². The molecule has 4 nitrogen and oxygen atoms in total. The summed E-state index contributed by atoms with van der Waals surface area (Å²) in [6, 6.07) is 0.331. The Hall–Kier alpha value is -1.58. The van der Waals surface area contributed by atoms with Crippen molar-refractivity contribution in [2.24, 2.45) is 13.0 Å². The maximum Gasteiger partial charge on any atom is 0.244 e. The van der Waals surface area contributed by atoms with Gasteiger partial charge in [0.1, 0.15) is 0 Å². The number of rotatable bonds is 3. The fourth-order valence-electron chi connectivity index (χ4n) is 2.95. The Morgan fingerprint density at radius 3 is 2.65 bits per heavy atom. The summed E-state index contributed by atoms with van der Waals surface area (Å²) < 4.78 is 1.84. The number of amides is 1. The average molecular weight is 275 g/mol. The maximum absolute atomic E-state index is 12.0. The molecule has 1 aromatic rings. The van der Waals surface area contributed by atoms with E-state index in [0.717, 1.165) is 23.4 Å². The predicted octanol–water partition coefficient (Wildman–Crippen LogP) is 2.75. The van der Waals surface area contributed by atoms with Gasteiger partial charge in [0.15, 0.2) is 0 Å². The van der Waals surface area contributed by atoms with Crippen LogP contribution < -0.4 is 5.32 Å². The van der Waals surface area contributed by atoms with Crippen molar-refractivity contribution in [3.8, 4) is 0 Å². The zero-order chi connectivity index (χ0) is 14.7. The van der Waals surface area contributed by atoms with E-state index < -0.39 is 0 Å². The molecule has 2 atom stereocenters. The van der Waals surface area contributed by atoms with E-state index in [1.54, 1.807) is 6.08 Å². The van der Waals surface area contributed by atoms with Gasteiger partial charge in [0.05, 0.1) is 5.69 Å². The van der Waals surface area contributed by atoms with E-state index in [1.807, 2.05) is 31.7 Å². The summed E-state index contributed by atoms with van der Waals surface area (Å²) in [4.78, 5) is 12.0. The average Bonchev–Trinajstić information content (AvgIpc) is 2.64. The van der Waals surface area contributed by atoms with E-state index in [1.165, 1.54) is 19.3 Å². The Kier molecular flexibility index (Phi) is 4.63. The number of hydrogen-bond acceptors (Lipinski definition) is 2. The van der Waals surface area contributed by atoms with Crippen LogP contribution in [-0.2, 0) is 11.8 Å². The van der Waals surface area contributed by atoms with Crippen molar-refractivity contribution in [3.05, 3.63) is 23.0 Å². The lowest BCUT2D eigenvalue weighted by molar-refractivity contribution is -0.117. The first-order valence-corrected chi connectivity index (χ1v) is 7.48. The van der Waals surface area contributed by atoms with Crippen LogP contribution in [0.1, 0.15) is 49.6 Å². The van der Waals surface area contributed by atoms with E-state index in [0.29, 0.717) is 12.0 Å². The first-order valence-electron chi connectivity index (χ1n) is 7.48. The molecule has 0 radical (unpaired) electrons. The van der Waals surface area contributed by atoms with Gasteiger partial charge in [-0.1, -0.05) is 19.8 Å². The molecule has 4 heteroatoms. The van der Waals surface area contributed by atoms with Crippen LogP contribution in [0.3, 0.4) is 0 Å². The van der Waals surface area contributed by atoms with Gasteiger partial charge in [-0.15, -0.1) is 0 Å². The summed E-state index contributed by atoms with van der Waals surface area (Å²) in [5.41, 5.74) is 3.08. The lowest BCUT2D eigenvalue weighted by Gasteiger charge is -2.29. The van der Waals surface area contributed by atoms with Gasteiger partial charge >= 0.3 is 0 Å². The van der Waals surface area contributed by atoms with Crippen LogP contribution in [0, 0.1) is 19.8 Å². The molecular formula is C16H25N3O. The van der Waals surface area contributed by atoms with E-state index in [9.17, 15) is 4.79 Å². The molecule has 1 N–H and O–H groups in total. The third-order valence-electron chi connectivity index (χ3n) is 4.41. The highest BCUT2D eigenvalue weighted by Crippen LogP contribution is 2.23. The molecule has 1 saturated carbocycles. The molecule has 0 bridgehead atoms. The summed E-state index contributed by atoms with van der Waals surface area (Å²) in [5, 5.41) is 7.48. The Morgan fingerprint density at radius 1 is 1.35 bits per heavy atom. The van der Waals surface area contributed by atoms with Gasteiger partial charge in [0, 0.05) is 30.4 Å². The van der Waals surface area contributed by atoms with Crippen molar-refractivity contribution in [2.75, 3.05) is 0 Å². The van der Waals surface area contributed by atoms with Gasteiger partial charge in [-0.05, 0) is 38.7 Å². The second-order valence-corrected chi connectivity index (χ2v) is 5.92. The van der Waals surface area contributed by atoms with E-state index in [-0.39, 0.29) is 5.91 Å². The Bertz CT molecular complexity index is 516. The summed E-state index contributed by atoms with van der Waals surface area (Å²) >= 11 is 0. The fourth-order valence-corrected chi connectivity index (χ4v) is 2.95. The van der Waals surface area contributed by atoms with E-state index in [2.05, 4.69) is 17.3 Å². The molecule has 110 valence electrons. The van der Waals surface area contributed by atoms with Crippen molar-refractivity contribution in [3.63, 3.8) is 0 Å². The minimum Gasteiger partial charge on any atom is -0.350 e. The van der Waals surface area contributed by atoms with E-state index in [4.69, 9.17) is 0 Å². The second kappa shape index (κ2) is 6.25.